The van der Waals surface area contributed by atoms with Crippen LogP contribution in [-0.2, 0) is 16.1 Å². The molecule has 1 amide bonds. The maximum atomic E-state index is 15.0. The number of likely N-dealkylation sites (N-methyl/N-ethyl adjacent to an activating group) is 1. The minimum absolute atomic E-state index is 0.0434. The summed E-state index contributed by atoms with van der Waals surface area (Å²) in [6, 6.07) is 5.86. The van der Waals surface area contributed by atoms with Crippen LogP contribution in [0.4, 0.5) is 21.7 Å². The summed E-state index contributed by atoms with van der Waals surface area (Å²) in [4.78, 5) is 88.6. The number of carbonyl (C=O) groups excluding carboxylic acids is 1. The molecule has 3 aromatic heterocycles. The topological polar surface area (TPSA) is 288 Å². The number of anilines is 3. The lowest BCUT2D eigenvalue weighted by Crippen LogP contribution is -2.45. The number of benzene rings is 2. The fourth-order valence-electron chi connectivity index (χ4n) is 6.44. The van der Waals surface area contributed by atoms with Crippen molar-refractivity contribution in [3.63, 3.8) is 0 Å². The maximum Gasteiger partial charge on any atom is 0.341 e. The lowest BCUT2D eigenvalue weighted by Gasteiger charge is -2.37. The van der Waals surface area contributed by atoms with Crippen LogP contribution in [0.1, 0.15) is 52.2 Å². The Bertz CT molecular complexity index is 2540. The molecule has 0 aliphatic carbocycles. The number of halogens is 1. The second kappa shape index (κ2) is 16.9. The van der Waals surface area contributed by atoms with E-state index < -0.39 is 46.7 Å². The Morgan fingerprint density at radius 1 is 1.07 bits per heavy atom. The molecule has 304 valence electrons. The van der Waals surface area contributed by atoms with Crippen molar-refractivity contribution in [2.45, 2.75) is 38.4 Å². The summed E-state index contributed by atoms with van der Waals surface area (Å²) < 4.78 is 22.6. The summed E-state index contributed by atoms with van der Waals surface area (Å²) in [7, 11) is 2.02. The molecule has 2 aromatic carbocycles. The Balaban J connectivity index is 0.000000199. The lowest BCUT2D eigenvalue weighted by molar-refractivity contribution is -0.140. The SMILES string of the molecule is C[C@H]1COc2c(N3CCN(C)CC3)c(F)cc3c(=O)c(C(=O)O)cn1c23.Nc1nc2ncc(CNc3ccc(C(=O)N[C@@H](CCC(=O)O)C(=O)O)cc3)nc2c(=O)[nH]1. The molecule has 1 saturated heterocycles. The van der Waals surface area contributed by atoms with E-state index in [9.17, 15) is 38.3 Å². The number of nitrogens with two attached hydrogens (primary N) is 1. The number of hydrogen-bond donors (Lipinski definition) is 7. The third-order valence-electron chi connectivity index (χ3n) is 9.55. The molecule has 0 saturated carbocycles. The first-order chi connectivity index (χ1) is 27.6. The highest BCUT2D eigenvalue weighted by molar-refractivity contribution is 5.98. The zero-order valence-corrected chi connectivity index (χ0v) is 31.2. The molecule has 58 heavy (non-hydrogen) atoms. The zero-order valence-electron chi connectivity index (χ0n) is 31.2. The number of hydrogen-bond acceptors (Lipinski definition) is 14. The number of nitrogens with one attached hydrogen (secondary N) is 3. The van der Waals surface area contributed by atoms with Gasteiger partial charge in [-0.15, -0.1) is 0 Å². The second-order valence-electron chi connectivity index (χ2n) is 13.7. The number of nitrogen functional groups attached to an aromatic ring is 1. The van der Waals surface area contributed by atoms with Crippen LogP contribution in [0, 0.1) is 5.82 Å². The van der Waals surface area contributed by atoms with E-state index in [0.717, 1.165) is 19.2 Å². The summed E-state index contributed by atoms with van der Waals surface area (Å²) >= 11 is 0. The van der Waals surface area contributed by atoms with E-state index in [-0.39, 0.29) is 65.7 Å². The number of carboxylic acids is 3. The number of H-pyrrole nitrogens is 1. The van der Waals surface area contributed by atoms with E-state index in [0.29, 0.717) is 41.4 Å². The van der Waals surface area contributed by atoms with Crippen LogP contribution in [0.15, 0.2) is 52.3 Å². The number of pyridine rings is 1. The second-order valence-corrected chi connectivity index (χ2v) is 13.7. The number of piperazine rings is 1. The number of aliphatic carboxylic acids is 2. The number of aromatic amines is 1. The Hall–Kier alpha value is -7.16. The normalized spacial score (nSPS) is 15.5. The van der Waals surface area contributed by atoms with Gasteiger partial charge < -0.3 is 50.8 Å². The van der Waals surface area contributed by atoms with E-state index in [4.69, 9.17) is 20.7 Å². The Labute approximate surface area is 327 Å². The number of rotatable bonds is 11. The number of fused-ring (bicyclic) bond motifs is 1. The number of amides is 1. The van der Waals surface area contributed by atoms with Crippen molar-refractivity contribution >= 4 is 63.2 Å². The molecule has 21 heteroatoms. The monoisotopic (exact) mass is 802 g/mol. The average Bonchev–Trinajstić information content (AvgIpc) is 3.18. The van der Waals surface area contributed by atoms with Crippen molar-refractivity contribution in [1.82, 2.24) is 34.7 Å². The van der Waals surface area contributed by atoms with Crippen LogP contribution in [0.3, 0.4) is 0 Å². The molecule has 5 heterocycles. The molecule has 2 aliphatic heterocycles. The van der Waals surface area contributed by atoms with Crippen LogP contribution in [0.5, 0.6) is 5.75 Å². The van der Waals surface area contributed by atoms with Gasteiger partial charge in [-0.05, 0) is 50.7 Å². The Kier molecular flexibility index (Phi) is 11.8. The number of carboxylic acid groups (broad SMARTS) is 3. The van der Waals surface area contributed by atoms with Gasteiger partial charge in [0.25, 0.3) is 11.5 Å². The molecule has 0 bridgehead atoms. The third-order valence-corrected chi connectivity index (χ3v) is 9.55. The van der Waals surface area contributed by atoms with Gasteiger partial charge in [-0.25, -0.2) is 23.9 Å². The zero-order chi connectivity index (χ0) is 41.8. The van der Waals surface area contributed by atoms with Crippen molar-refractivity contribution in [2.75, 3.05) is 55.8 Å². The minimum Gasteiger partial charge on any atom is -0.487 e. The van der Waals surface area contributed by atoms with Gasteiger partial charge in [0.2, 0.25) is 11.4 Å². The van der Waals surface area contributed by atoms with Gasteiger partial charge in [0.15, 0.2) is 22.7 Å². The van der Waals surface area contributed by atoms with Crippen molar-refractivity contribution in [3.8, 4) is 5.75 Å². The molecule has 20 nitrogen and oxygen atoms in total. The van der Waals surface area contributed by atoms with Crippen LogP contribution in [-0.4, -0.2) is 114 Å². The van der Waals surface area contributed by atoms with E-state index in [1.807, 2.05) is 18.9 Å². The summed E-state index contributed by atoms with van der Waals surface area (Å²) in [5.74, 6) is -4.70. The molecule has 0 unspecified atom stereocenters. The Morgan fingerprint density at radius 3 is 2.43 bits per heavy atom. The van der Waals surface area contributed by atoms with Crippen LogP contribution >= 0.6 is 0 Å². The van der Waals surface area contributed by atoms with Gasteiger partial charge >= 0.3 is 17.9 Å². The average molecular weight is 803 g/mol. The third kappa shape index (κ3) is 8.78. The van der Waals surface area contributed by atoms with Gasteiger partial charge in [0.05, 0.1) is 35.4 Å². The molecular weight excluding hydrogens is 763 g/mol. The number of ether oxygens (including phenoxy) is 1. The van der Waals surface area contributed by atoms with Crippen molar-refractivity contribution in [3.05, 3.63) is 85.9 Å². The van der Waals surface area contributed by atoms with Gasteiger partial charge in [0, 0.05) is 50.0 Å². The molecule has 7 rings (SSSR count). The predicted octanol–water partition coefficient (Wildman–Crippen LogP) is 1.50. The largest absolute Gasteiger partial charge is 0.487 e. The van der Waals surface area contributed by atoms with Crippen LogP contribution < -0.4 is 37.0 Å². The van der Waals surface area contributed by atoms with Crippen LogP contribution in [0.25, 0.3) is 22.1 Å². The van der Waals surface area contributed by atoms with Crippen molar-refractivity contribution in [1.29, 1.82) is 0 Å². The van der Waals surface area contributed by atoms with Gasteiger partial charge in [0.1, 0.15) is 23.9 Å². The number of aromatic nitrogens is 5. The fourth-order valence-corrected chi connectivity index (χ4v) is 6.44. The molecule has 2 aliphatic rings. The first kappa shape index (κ1) is 40.5. The van der Waals surface area contributed by atoms with E-state index in [1.54, 1.807) is 16.7 Å². The summed E-state index contributed by atoms with van der Waals surface area (Å²) in [6.45, 7) is 5.31. The quantitative estimate of drug-likeness (QED) is 0.0996. The fraction of sp³-hybridized carbons (Fsp3) is 0.324. The maximum absolute atomic E-state index is 15.0. The molecule has 2 atom stereocenters. The van der Waals surface area contributed by atoms with Crippen molar-refractivity contribution < 1.29 is 43.6 Å². The predicted molar refractivity (Wildman–Crippen MR) is 207 cm³/mol. The number of nitrogens with zero attached hydrogens (tertiary/aromatic N) is 6. The highest BCUT2D eigenvalue weighted by atomic mass is 19.1. The summed E-state index contributed by atoms with van der Waals surface area (Å²) in [5.41, 5.74) is 6.25. The molecule has 8 N–H and O–H groups in total. The van der Waals surface area contributed by atoms with E-state index >= 15 is 0 Å². The minimum atomic E-state index is -1.32. The highest BCUT2D eigenvalue weighted by Gasteiger charge is 2.31. The summed E-state index contributed by atoms with van der Waals surface area (Å²) in [5, 5.41) is 32.6. The highest BCUT2D eigenvalue weighted by Crippen LogP contribution is 2.42. The Morgan fingerprint density at radius 2 is 1.78 bits per heavy atom. The number of carbonyl (C=O) groups is 4. The lowest BCUT2D eigenvalue weighted by atomic mass is 10.1. The molecular formula is C37H39FN10O10. The number of aromatic carboxylic acids is 1. The summed E-state index contributed by atoms with van der Waals surface area (Å²) in [6.07, 6.45) is 2.18. The standard InChI is InChI=1S/C19H19N7O6.C18H20FN3O4/c20-19-25-15-14(17(30)26-19)23-11(8-22-15)7-21-10-3-1-9(2-4-10)16(29)24-12(18(31)32)5-6-13(27)28;1-10-9-26-17-14-11(16(23)12(18(24)25)8-22(10)14)7-13(19)15(17)21-5-3-20(2)4-6-21/h1-4,8,12,21H,5-7H2,(H,24,29)(H,27,28)(H,31,32)(H3,20,22,25,26,30);7-8,10H,3-6,9H2,1-2H3,(H,24,25)/t12-;10-/m00/s1. The van der Waals surface area contributed by atoms with E-state index in [2.05, 4.69) is 35.5 Å². The first-order valence-corrected chi connectivity index (χ1v) is 17.9. The molecule has 1 fully saturated rings. The van der Waals surface area contributed by atoms with Gasteiger partial charge in [-0.2, -0.15) is 4.98 Å². The van der Waals surface area contributed by atoms with Gasteiger partial charge in [-0.3, -0.25) is 24.2 Å². The van der Waals surface area contributed by atoms with Crippen LogP contribution in [0.2, 0.25) is 0 Å². The van der Waals surface area contributed by atoms with E-state index in [1.165, 1.54) is 24.5 Å². The smallest absolute Gasteiger partial charge is 0.341 e. The van der Waals surface area contributed by atoms with Gasteiger partial charge in [-0.1, -0.05) is 0 Å². The van der Waals surface area contributed by atoms with Crippen molar-refractivity contribution in [2.24, 2.45) is 0 Å². The first-order valence-electron chi connectivity index (χ1n) is 17.9. The molecule has 0 radical (unpaired) electrons. The molecule has 0 spiro atoms. The molecule has 5 aromatic rings.